The van der Waals surface area contributed by atoms with E-state index in [1.807, 2.05) is 5.32 Å². The van der Waals surface area contributed by atoms with Crippen LogP contribution in [0.2, 0.25) is 0 Å². The van der Waals surface area contributed by atoms with Crippen LogP contribution >= 0.6 is 0 Å². The first-order chi connectivity index (χ1) is 15.4. The molecule has 0 saturated heterocycles. The van der Waals surface area contributed by atoms with Gasteiger partial charge in [-0.3, -0.25) is 9.59 Å². The van der Waals surface area contributed by atoms with Crippen LogP contribution in [0.5, 0.6) is 5.75 Å². The number of anilines is 1. The van der Waals surface area contributed by atoms with Crippen LogP contribution in [0.1, 0.15) is 11.1 Å². The average Bonchev–Trinajstić information content (AvgIpc) is 2.74. The lowest BCUT2D eigenvalue weighted by Gasteiger charge is -2.15. The van der Waals surface area contributed by atoms with Gasteiger partial charge in [0.1, 0.15) is 12.3 Å². The van der Waals surface area contributed by atoms with E-state index in [9.17, 15) is 35.9 Å². The lowest BCUT2D eigenvalue weighted by molar-refractivity contribution is -0.143. The van der Waals surface area contributed by atoms with Crippen molar-refractivity contribution >= 4 is 11.6 Å². The van der Waals surface area contributed by atoms with Crippen molar-refractivity contribution in [3.8, 4) is 17.0 Å². The predicted molar refractivity (Wildman–Crippen MR) is 106 cm³/mol. The number of alkyl halides is 6. The molecule has 0 bridgehead atoms. The smallest absolute Gasteiger partial charge is 0.416 e. The summed E-state index contributed by atoms with van der Waals surface area (Å²) < 4.78 is 83.8. The second-order valence-corrected chi connectivity index (χ2v) is 6.79. The molecular formula is C21H15F6N3O3. The van der Waals surface area contributed by atoms with Crippen LogP contribution in [-0.4, -0.2) is 22.8 Å². The number of amides is 1. The van der Waals surface area contributed by atoms with E-state index in [1.54, 1.807) is 24.3 Å². The van der Waals surface area contributed by atoms with Gasteiger partial charge in [0.25, 0.3) is 5.56 Å². The summed E-state index contributed by atoms with van der Waals surface area (Å²) in [5.74, 6) is -0.533. The fourth-order valence-electron chi connectivity index (χ4n) is 2.86. The molecule has 1 amide bonds. The molecular weight excluding hydrogens is 456 g/mol. The van der Waals surface area contributed by atoms with Crippen molar-refractivity contribution in [3.63, 3.8) is 0 Å². The highest BCUT2D eigenvalue weighted by Gasteiger charge is 2.37. The van der Waals surface area contributed by atoms with Crippen LogP contribution in [0.15, 0.2) is 59.4 Å². The van der Waals surface area contributed by atoms with Crippen molar-refractivity contribution in [1.82, 2.24) is 9.78 Å². The van der Waals surface area contributed by atoms with Crippen LogP contribution in [0.4, 0.5) is 32.0 Å². The molecule has 1 heterocycles. The van der Waals surface area contributed by atoms with E-state index in [1.165, 1.54) is 13.2 Å². The monoisotopic (exact) mass is 471 g/mol. The third kappa shape index (κ3) is 5.90. The van der Waals surface area contributed by atoms with Gasteiger partial charge in [0, 0.05) is 17.3 Å². The normalized spacial score (nSPS) is 11.8. The van der Waals surface area contributed by atoms with Crippen LogP contribution in [0, 0.1) is 0 Å². The molecule has 0 radical (unpaired) electrons. The maximum atomic E-state index is 13.0. The third-order valence-corrected chi connectivity index (χ3v) is 4.40. The molecule has 0 spiro atoms. The largest absolute Gasteiger partial charge is 0.497 e. The quantitative estimate of drug-likeness (QED) is 0.553. The predicted octanol–water partition coefficient (Wildman–Crippen LogP) is 4.60. The Kier molecular flexibility index (Phi) is 6.47. The van der Waals surface area contributed by atoms with Gasteiger partial charge >= 0.3 is 12.4 Å². The number of ether oxygens (including phenoxy) is 1. The zero-order chi connectivity index (χ0) is 24.4. The fourth-order valence-corrected chi connectivity index (χ4v) is 2.86. The Labute approximate surface area is 182 Å². The first-order valence-corrected chi connectivity index (χ1v) is 9.19. The molecule has 6 nitrogen and oxygen atoms in total. The summed E-state index contributed by atoms with van der Waals surface area (Å²) in [6.45, 7) is -0.742. The molecule has 174 valence electrons. The van der Waals surface area contributed by atoms with E-state index in [0.717, 1.165) is 10.7 Å². The van der Waals surface area contributed by atoms with Crippen LogP contribution in [-0.2, 0) is 23.7 Å². The highest BCUT2D eigenvalue weighted by atomic mass is 19.4. The van der Waals surface area contributed by atoms with Gasteiger partial charge in [-0.1, -0.05) is 12.1 Å². The molecule has 12 heteroatoms. The Morgan fingerprint density at radius 1 is 0.970 bits per heavy atom. The Hall–Kier alpha value is -3.83. The zero-order valence-electron chi connectivity index (χ0n) is 16.8. The number of carbonyl (C=O) groups is 1. The number of hydrogen-bond acceptors (Lipinski definition) is 4. The minimum atomic E-state index is -5.07. The third-order valence-electron chi connectivity index (χ3n) is 4.40. The number of benzene rings is 2. The molecule has 0 fully saturated rings. The maximum Gasteiger partial charge on any atom is 0.416 e. The fraction of sp³-hybridized carbons (Fsp3) is 0.190. The van der Waals surface area contributed by atoms with Crippen molar-refractivity contribution in [1.29, 1.82) is 0 Å². The minimum Gasteiger partial charge on any atom is -0.497 e. The number of halogens is 6. The molecule has 3 rings (SSSR count). The number of rotatable bonds is 5. The van der Waals surface area contributed by atoms with Gasteiger partial charge in [0.2, 0.25) is 5.91 Å². The summed E-state index contributed by atoms with van der Waals surface area (Å²) in [4.78, 5) is 24.4. The van der Waals surface area contributed by atoms with Gasteiger partial charge in [-0.15, -0.1) is 0 Å². The molecule has 0 aliphatic rings. The number of nitrogens with one attached hydrogen (secondary N) is 1. The van der Waals surface area contributed by atoms with Gasteiger partial charge in [-0.05, 0) is 36.4 Å². The molecule has 0 saturated carbocycles. The molecule has 3 aromatic rings. The summed E-state index contributed by atoms with van der Waals surface area (Å²) in [5, 5.41) is 6.00. The Bertz CT molecular complexity index is 1200. The van der Waals surface area contributed by atoms with Crippen LogP contribution in [0.25, 0.3) is 11.3 Å². The maximum absolute atomic E-state index is 13.0. The summed E-state index contributed by atoms with van der Waals surface area (Å²) >= 11 is 0. The molecule has 0 aliphatic carbocycles. The number of nitrogens with zero attached hydrogens (tertiary/aromatic N) is 2. The second kappa shape index (κ2) is 8.96. The summed E-state index contributed by atoms with van der Waals surface area (Å²) in [7, 11) is 1.45. The highest BCUT2D eigenvalue weighted by Crippen LogP contribution is 2.37. The first-order valence-electron chi connectivity index (χ1n) is 9.19. The van der Waals surface area contributed by atoms with Crippen molar-refractivity contribution in [3.05, 3.63) is 76.1 Å². The van der Waals surface area contributed by atoms with E-state index in [-0.39, 0.29) is 6.07 Å². The summed E-state index contributed by atoms with van der Waals surface area (Å²) in [6, 6.07) is 9.85. The van der Waals surface area contributed by atoms with Gasteiger partial charge in [-0.2, -0.15) is 31.4 Å². The van der Waals surface area contributed by atoms with Crippen LogP contribution in [0.3, 0.4) is 0 Å². The second-order valence-electron chi connectivity index (χ2n) is 6.79. The van der Waals surface area contributed by atoms with E-state index < -0.39 is 47.2 Å². The SMILES string of the molecule is COc1cccc(-c2ccc(=O)n(CC(=O)Nc3cc(C(F)(F)F)cc(C(F)(F)F)c3)n2)c1. The van der Waals surface area contributed by atoms with Gasteiger partial charge in [-0.25, -0.2) is 4.68 Å². The van der Waals surface area contributed by atoms with Crippen molar-refractivity contribution in [2.45, 2.75) is 18.9 Å². The number of aromatic nitrogens is 2. The highest BCUT2D eigenvalue weighted by molar-refractivity contribution is 5.90. The van der Waals surface area contributed by atoms with Crippen molar-refractivity contribution in [2.24, 2.45) is 0 Å². The van der Waals surface area contributed by atoms with Gasteiger partial charge in [0.05, 0.1) is 23.9 Å². The lowest BCUT2D eigenvalue weighted by Crippen LogP contribution is -2.29. The molecule has 1 aromatic heterocycles. The molecule has 1 N–H and O–H groups in total. The molecule has 0 aliphatic heterocycles. The van der Waals surface area contributed by atoms with E-state index in [4.69, 9.17) is 4.74 Å². The summed E-state index contributed by atoms with van der Waals surface area (Å²) in [6.07, 6.45) is -10.1. The Morgan fingerprint density at radius 2 is 1.61 bits per heavy atom. The Balaban J connectivity index is 1.87. The van der Waals surface area contributed by atoms with Crippen molar-refractivity contribution in [2.75, 3.05) is 12.4 Å². The minimum absolute atomic E-state index is 0.0562. The zero-order valence-corrected chi connectivity index (χ0v) is 16.8. The lowest BCUT2D eigenvalue weighted by atomic mass is 10.1. The number of carbonyl (C=O) groups excluding carboxylic acids is 1. The van der Waals surface area contributed by atoms with Gasteiger partial charge in [0.15, 0.2) is 0 Å². The average molecular weight is 471 g/mol. The standard InChI is InChI=1S/C21H15F6N3O3/c1-33-16-4-2-3-12(7-16)17-5-6-19(32)30(29-17)11-18(31)28-15-9-13(20(22,23)24)8-14(10-15)21(25,26)27/h2-10H,11H2,1H3,(H,28,31). The molecule has 33 heavy (non-hydrogen) atoms. The first kappa shape index (κ1) is 23.8. The molecule has 0 atom stereocenters. The topological polar surface area (TPSA) is 73.2 Å². The van der Waals surface area contributed by atoms with E-state index in [2.05, 4.69) is 5.10 Å². The Morgan fingerprint density at radius 3 is 2.18 bits per heavy atom. The van der Waals surface area contributed by atoms with Gasteiger partial charge < -0.3 is 10.1 Å². The molecule has 0 unspecified atom stereocenters. The van der Waals surface area contributed by atoms with E-state index >= 15 is 0 Å². The van der Waals surface area contributed by atoms with Crippen molar-refractivity contribution < 1.29 is 35.9 Å². The summed E-state index contributed by atoms with van der Waals surface area (Å²) in [5.41, 5.74) is -3.74. The van der Waals surface area contributed by atoms with Crippen LogP contribution < -0.4 is 15.6 Å². The number of methoxy groups -OCH3 is 1. The van der Waals surface area contributed by atoms with E-state index in [0.29, 0.717) is 29.1 Å². The number of hydrogen-bond donors (Lipinski definition) is 1. The molecule has 2 aromatic carbocycles.